The highest BCUT2D eigenvalue weighted by atomic mass is 79.9. The molecule has 1 saturated heterocycles. The number of nitrogens with two attached hydrogens (primary N) is 1. The first-order valence-corrected chi connectivity index (χ1v) is 7.64. The highest BCUT2D eigenvalue weighted by molar-refractivity contribution is 9.10. The molecule has 0 radical (unpaired) electrons. The fourth-order valence-electron chi connectivity index (χ4n) is 2.90. The lowest BCUT2D eigenvalue weighted by atomic mass is 9.95. The van der Waals surface area contributed by atoms with Gasteiger partial charge in [0.05, 0.1) is 0 Å². The van der Waals surface area contributed by atoms with Crippen LogP contribution < -0.4 is 5.73 Å². The topological polar surface area (TPSA) is 42.1 Å². The Hall–Kier alpha value is -1.23. The van der Waals surface area contributed by atoms with Crippen LogP contribution in [0, 0.1) is 0 Å². The summed E-state index contributed by atoms with van der Waals surface area (Å²) in [5, 5.41) is 0. The summed E-state index contributed by atoms with van der Waals surface area (Å²) in [6, 6.07) is 12.9. The number of rotatable bonds is 3. The van der Waals surface area contributed by atoms with E-state index in [9.17, 15) is 0 Å². The summed E-state index contributed by atoms with van der Waals surface area (Å²) in [7, 11) is 0. The van der Waals surface area contributed by atoms with E-state index in [0.29, 0.717) is 5.92 Å². The second-order valence-corrected chi connectivity index (χ2v) is 6.30. The molecule has 3 nitrogen and oxygen atoms in total. The molecule has 0 saturated carbocycles. The van der Waals surface area contributed by atoms with E-state index in [2.05, 4.69) is 62.2 Å². The zero-order valence-corrected chi connectivity index (χ0v) is 12.8. The van der Waals surface area contributed by atoms with Gasteiger partial charge in [0.1, 0.15) is 0 Å². The van der Waals surface area contributed by atoms with Crippen molar-refractivity contribution in [3.05, 3.63) is 64.4 Å². The summed E-state index contributed by atoms with van der Waals surface area (Å²) in [6.07, 6.45) is 3.73. The van der Waals surface area contributed by atoms with Crippen LogP contribution in [-0.2, 0) is 6.54 Å². The van der Waals surface area contributed by atoms with Gasteiger partial charge >= 0.3 is 0 Å². The van der Waals surface area contributed by atoms with Crippen LogP contribution in [0.3, 0.4) is 0 Å². The van der Waals surface area contributed by atoms with Crippen molar-refractivity contribution in [1.29, 1.82) is 0 Å². The maximum absolute atomic E-state index is 6.32. The Morgan fingerprint density at radius 2 is 2.00 bits per heavy atom. The first kappa shape index (κ1) is 13.7. The SMILES string of the molecule is N[C@@H]1CN(Cc2cncc(Br)c2)C[C@H]1c1ccccc1. The molecular formula is C16H18BrN3. The first-order chi connectivity index (χ1) is 9.72. The molecule has 3 rings (SSSR count). The molecule has 1 aliphatic rings. The Labute approximate surface area is 127 Å². The van der Waals surface area contributed by atoms with Crippen molar-refractivity contribution in [3.8, 4) is 0 Å². The summed E-state index contributed by atoms with van der Waals surface area (Å²) >= 11 is 3.47. The molecule has 1 aromatic carbocycles. The zero-order chi connectivity index (χ0) is 13.9. The van der Waals surface area contributed by atoms with Crippen molar-refractivity contribution in [2.75, 3.05) is 13.1 Å². The molecule has 2 N–H and O–H groups in total. The molecule has 1 fully saturated rings. The number of aromatic nitrogens is 1. The average Bonchev–Trinajstić information content (AvgIpc) is 2.80. The van der Waals surface area contributed by atoms with Crippen LogP contribution >= 0.6 is 15.9 Å². The molecule has 2 heterocycles. The van der Waals surface area contributed by atoms with Crippen LogP contribution in [0.25, 0.3) is 0 Å². The van der Waals surface area contributed by atoms with E-state index in [4.69, 9.17) is 5.73 Å². The predicted octanol–water partition coefficient (Wildman–Crippen LogP) is 2.77. The van der Waals surface area contributed by atoms with Crippen LogP contribution in [0.5, 0.6) is 0 Å². The van der Waals surface area contributed by atoms with Gasteiger partial charge in [0, 0.05) is 48.5 Å². The Kier molecular flexibility index (Phi) is 4.15. The van der Waals surface area contributed by atoms with E-state index in [1.54, 1.807) is 0 Å². The van der Waals surface area contributed by atoms with Gasteiger partial charge in [-0.15, -0.1) is 0 Å². The van der Waals surface area contributed by atoms with Gasteiger partial charge in [-0.25, -0.2) is 0 Å². The van der Waals surface area contributed by atoms with Gasteiger partial charge < -0.3 is 5.73 Å². The lowest BCUT2D eigenvalue weighted by Gasteiger charge is -2.16. The molecule has 0 bridgehead atoms. The van der Waals surface area contributed by atoms with Gasteiger partial charge in [0.15, 0.2) is 0 Å². The van der Waals surface area contributed by atoms with Crippen molar-refractivity contribution in [2.24, 2.45) is 5.73 Å². The highest BCUT2D eigenvalue weighted by Crippen LogP contribution is 2.27. The van der Waals surface area contributed by atoms with Crippen LogP contribution in [0.1, 0.15) is 17.0 Å². The Bertz CT molecular complexity index is 573. The number of likely N-dealkylation sites (tertiary alicyclic amines) is 1. The van der Waals surface area contributed by atoms with Crippen LogP contribution in [0.2, 0.25) is 0 Å². The first-order valence-electron chi connectivity index (χ1n) is 6.84. The van der Waals surface area contributed by atoms with Crippen molar-refractivity contribution >= 4 is 15.9 Å². The van der Waals surface area contributed by atoms with Crippen molar-refractivity contribution in [1.82, 2.24) is 9.88 Å². The average molecular weight is 332 g/mol. The fraction of sp³-hybridized carbons (Fsp3) is 0.312. The summed E-state index contributed by atoms with van der Waals surface area (Å²) in [5.74, 6) is 0.427. The monoisotopic (exact) mass is 331 g/mol. The second kappa shape index (κ2) is 6.04. The van der Waals surface area contributed by atoms with E-state index in [0.717, 1.165) is 24.1 Å². The van der Waals surface area contributed by atoms with Gasteiger partial charge in [0.2, 0.25) is 0 Å². The molecule has 20 heavy (non-hydrogen) atoms. The molecule has 0 amide bonds. The highest BCUT2D eigenvalue weighted by Gasteiger charge is 2.30. The largest absolute Gasteiger partial charge is 0.326 e. The molecule has 2 atom stereocenters. The second-order valence-electron chi connectivity index (χ2n) is 5.39. The summed E-state index contributed by atoms with van der Waals surface area (Å²) in [4.78, 5) is 6.63. The number of benzene rings is 1. The van der Waals surface area contributed by atoms with Gasteiger partial charge in [0.25, 0.3) is 0 Å². The molecule has 104 valence electrons. The fourth-order valence-corrected chi connectivity index (χ4v) is 3.31. The molecular weight excluding hydrogens is 314 g/mol. The minimum absolute atomic E-state index is 0.206. The maximum atomic E-state index is 6.32. The van der Waals surface area contributed by atoms with E-state index in [-0.39, 0.29) is 6.04 Å². The molecule has 0 unspecified atom stereocenters. The van der Waals surface area contributed by atoms with E-state index < -0.39 is 0 Å². The van der Waals surface area contributed by atoms with Crippen LogP contribution in [0.4, 0.5) is 0 Å². The number of hydrogen-bond acceptors (Lipinski definition) is 3. The normalized spacial score (nSPS) is 23.1. The summed E-state index contributed by atoms with van der Waals surface area (Å²) in [5.41, 5.74) is 8.88. The third kappa shape index (κ3) is 3.08. The van der Waals surface area contributed by atoms with Crippen molar-refractivity contribution in [3.63, 3.8) is 0 Å². The minimum atomic E-state index is 0.206. The van der Waals surface area contributed by atoms with E-state index in [1.165, 1.54) is 11.1 Å². The standard InChI is InChI=1S/C16H18BrN3/c17-14-6-12(7-19-8-14)9-20-10-15(16(18)11-20)13-4-2-1-3-5-13/h1-8,15-16H,9-11,18H2/t15-,16+/m0/s1. The van der Waals surface area contributed by atoms with Gasteiger partial charge in [-0.1, -0.05) is 30.3 Å². The third-order valence-corrected chi connectivity index (χ3v) is 4.27. The van der Waals surface area contributed by atoms with E-state index in [1.807, 2.05) is 12.4 Å². The molecule has 1 aliphatic heterocycles. The smallest absolute Gasteiger partial charge is 0.0410 e. The van der Waals surface area contributed by atoms with E-state index >= 15 is 0 Å². The lowest BCUT2D eigenvalue weighted by molar-refractivity contribution is 0.323. The number of hydrogen-bond donors (Lipinski definition) is 1. The molecule has 2 aromatic rings. The zero-order valence-electron chi connectivity index (χ0n) is 11.2. The third-order valence-electron chi connectivity index (χ3n) is 3.84. The quantitative estimate of drug-likeness (QED) is 0.940. The maximum Gasteiger partial charge on any atom is 0.0410 e. The van der Waals surface area contributed by atoms with Crippen LogP contribution in [0.15, 0.2) is 53.3 Å². The summed E-state index contributed by atoms with van der Waals surface area (Å²) in [6.45, 7) is 2.85. The summed E-state index contributed by atoms with van der Waals surface area (Å²) < 4.78 is 1.03. The number of pyridine rings is 1. The Balaban J connectivity index is 1.69. The molecule has 4 heteroatoms. The Morgan fingerprint density at radius 1 is 1.20 bits per heavy atom. The predicted molar refractivity (Wildman–Crippen MR) is 84.4 cm³/mol. The minimum Gasteiger partial charge on any atom is -0.326 e. The molecule has 0 spiro atoms. The van der Waals surface area contributed by atoms with Crippen molar-refractivity contribution in [2.45, 2.75) is 18.5 Å². The van der Waals surface area contributed by atoms with Crippen LogP contribution in [-0.4, -0.2) is 29.0 Å². The van der Waals surface area contributed by atoms with Gasteiger partial charge in [-0.2, -0.15) is 0 Å². The molecule has 0 aliphatic carbocycles. The number of halogens is 1. The van der Waals surface area contributed by atoms with Gasteiger partial charge in [-0.05, 0) is 33.1 Å². The Morgan fingerprint density at radius 3 is 2.75 bits per heavy atom. The van der Waals surface area contributed by atoms with Crippen molar-refractivity contribution < 1.29 is 0 Å². The lowest BCUT2D eigenvalue weighted by Crippen LogP contribution is -2.28. The molecule has 1 aromatic heterocycles. The van der Waals surface area contributed by atoms with Gasteiger partial charge in [-0.3, -0.25) is 9.88 Å². The number of nitrogens with zero attached hydrogens (tertiary/aromatic N) is 2.